The predicted molar refractivity (Wildman–Crippen MR) is 112 cm³/mol. The number of nitrogens with zero attached hydrogens (tertiary/aromatic N) is 2. The van der Waals surface area contributed by atoms with Gasteiger partial charge in [-0.2, -0.15) is 5.10 Å². The van der Waals surface area contributed by atoms with Crippen LogP contribution in [0.1, 0.15) is 18.1 Å². The summed E-state index contributed by atoms with van der Waals surface area (Å²) in [7, 11) is 0. The van der Waals surface area contributed by atoms with E-state index < -0.39 is 0 Å². The Morgan fingerprint density at radius 2 is 1.62 bits per heavy atom. The molecule has 3 aromatic rings. The highest BCUT2D eigenvalue weighted by molar-refractivity contribution is 6.30. The second kappa shape index (κ2) is 9.07. The summed E-state index contributed by atoms with van der Waals surface area (Å²) in [5.41, 5.74) is 7.47. The van der Waals surface area contributed by atoms with Crippen molar-refractivity contribution in [3.05, 3.63) is 95.0 Å². The monoisotopic (exact) mass is 363 g/mol. The number of halogens is 1. The Balaban J connectivity index is 1.61. The quantitative estimate of drug-likeness (QED) is 0.423. The van der Waals surface area contributed by atoms with Crippen molar-refractivity contribution >= 4 is 29.2 Å². The second-order valence-electron chi connectivity index (χ2n) is 5.97. The van der Waals surface area contributed by atoms with Crippen LogP contribution < -0.4 is 10.3 Å². The van der Waals surface area contributed by atoms with E-state index in [1.54, 1.807) is 0 Å². The molecule has 4 heteroatoms. The fourth-order valence-electron chi connectivity index (χ4n) is 2.67. The first-order chi connectivity index (χ1) is 12.7. The molecular formula is C22H22ClN3. The third-order valence-electron chi connectivity index (χ3n) is 4.11. The van der Waals surface area contributed by atoms with Crippen molar-refractivity contribution in [3.8, 4) is 0 Å². The summed E-state index contributed by atoms with van der Waals surface area (Å²) in [5, 5.41) is 4.99. The molecule has 0 spiro atoms. The van der Waals surface area contributed by atoms with Gasteiger partial charge in [0.15, 0.2) is 0 Å². The van der Waals surface area contributed by atoms with Gasteiger partial charge in [-0.3, -0.25) is 5.43 Å². The molecule has 132 valence electrons. The van der Waals surface area contributed by atoms with Crippen LogP contribution in [0.2, 0.25) is 5.02 Å². The molecule has 3 aromatic carbocycles. The van der Waals surface area contributed by atoms with Crippen molar-refractivity contribution in [2.75, 3.05) is 16.9 Å². The van der Waals surface area contributed by atoms with Crippen molar-refractivity contribution in [1.82, 2.24) is 0 Å². The van der Waals surface area contributed by atoms with Crippen LogP contribution in [0.15, 0.2) is 84.0 Å². The van der Waals surface area contributed by atoms with E-state index >= 15 is 0 Å². The fourth-order valence-corrected chi connectivity index (χ4v) is 2.79. The van der Waals surface area contributed by atoms with Crippen LogP contribution in [0.3, 0.4) is 0 Å². The van der Waals surface area contributed by atoms with Gasteiger partial charge >= 0.3 is 0 Å². The van der Waals surface area contributed by atoms with Crippen LogP contribution in [0.4, 0.5) is 11.4 Å². The van der Waals surface area contributed by atoms with Gasteiger partial charge in [0, 0.05) is 23.8 Å². The van der Waals surface area contributed by atoms with E-state index in [0.29, 0.717) is 5.02 Å². The third kappa shape index (κ3) is 5.11. The molecule has 0 aliphatic rings. The second-order valence-corrected chi connectivity index (χ2v) is 6.40. The van der Waals surface area contributed by atoms with Crippen LogP contribution in [-0.2, 0) is 6.54 Å². The number of anilines is 2. The summed E-state index contributed by atoms with van der Waals surface area (Å²) in [6, 6.07) is 26.4. The van der Waals surface area contributed by atoms with Crippen LogP contribution >= 0.6 is 11.6 Å². The zero-order valence-corrected chi connectivity index (χ0v) is 15.5. The lowest BCUT2D eigenvalue weighted by atomic mass is 10.1. The number of nitrogens with one attached hydrogen (secondary N) is 1. The average molecular weight is 364 g/mol. The molecule has 0 radical (unpaired) electrons. The predicted octanol–water partition coefficient (Wildman–Crippen LogP) is 5.81. The minimum Gasteiger partial charge on any atom is -0.367 e. The maximum Gasteiger partial charge on any atom is 0.0562 e. The number of hydrazone groups is 1. The van der Waals surface area contributed by atoms with Gasteiger partial charge in [-0.1, -0.05) is 54.1 Å². The first-order valence-corrected chi connectivity index (χ1v) is 9.06. The molecule has 0 saturated heterocycles. The number of hydrogen-bond donors (Lipinski definition) is 1. The third-order valence-corrected chi connectivity index (χ3v) is 4.36. The van der Waals surface area contributed by atoms with Gasteiger partial charge in [-0.25, -0.2) is 0 Å². The molecule has 0 atom stereocenters. The smallest absolute Gasteiger partial charge is 0.0562 e. The molecular weight excluding hydrogens is 342 g/mol. The van der Waals surface area contributed by atoms with Crippen LogP contribution in [-0.4, -0.2) is 12.8 Å². The molecule has 26 heavy (non-hydrogen) atoms. The molecule has 0 bridgehead atoms. The van der Waals surface area contributed by atoms with Gasteiger partial charge in [0.2, 0.25) is 0 Å². The molecule has 0 fully saturated rings. The molecule has 0 aromatic heterocycles. The standard InChI is InChI=1S/C22H22ClN3/c1-2-26(17-19-6-4-3-5-7-19)22-14-8-18(9-15-22)16-24-25-21-12-10-20(23)11-13-21/h3-16,25H,2,17H2,1H3. The van der Waals surface area contributed by atoms with Crippen molar-refractivity contribution in [3.63, 3.8) is 0 Å². The molecule has 1 N–H and O–H groups in total. The van der Waals surface area contributed by atoms with E-state index in [4.69, 9.17) is 11.6 Å². The van der Waals surface area contributed by atoms with E-state index in [1.165, 1.54) is 11.3 Å². The van der Waals surface area contributed by atoms with E-state index in [9.17, 15) is 0 Å². The summed E-state index contributed by atoms with van der Waals surface area (Å²) in [6.45, 7) is 4.04. The van der Waals surface area contributed by atoms with Crippen molar-refractivity contribution in [1.29, 1.82) is 0 Å². The Hall–Kier alpha value is -2.78. The minimum atomic E-state index is 0.714. The Morgan fingerprint density at radius 1 is 0.923 bits per heavy atom. The molecule has 0 saturated carbocycles. The normalized spacial score (nSPS) is 10.8. The van der Waals surface area contributed by atoms with Crippen LogP contribution in [0, 0.1) is 0 Å². The molecule has 0 aliphatic carbocycles. The van der Waals surface area contributed by atoms with E-state index in [0.717, 1.165) is 24.3 Å². The Morgan fingerprint density at radius 3 is 2.27 bits per heavy atom. The summed E-state index contributed by atoms with van der Waals surface area (Å²) in [5.74, 6) is 0. The minimum absolute atomic E-state index is 0.714. The number of benzene rings is 3. The van der Waals surface area contributed by atoms with Gasteiger partial charge in [0.25, 0.3) is 0 Å². The maximum absolute atomic E-state index is 5.87. The lowest BCUT2D eigenvalue weighted by Gasteiger charge is -2.23. The molecule has 0 unspecified atom stereocenters. The van der Waals surface area contributed by atoms with Gasteiger partial charge in [0.1, 0.15) is 0 Å². The first-order valence-electron chi connectivity index (χ1n) is 8.68. The summed E-state index contributed by atoms with van der Waals surface area (Å²) >= 11 is 5.87. The molecule has 0 heterocycles. The topological polar surface area (TPSA) is 27.6 Å². The van der Waals surface area contributed by atoms with Crippen molar-refractivity contribution in [2.24, 2.45) is 5.10 Å². The highest BCUT2D eigenvalue weighted by Crippen LogP contribution is 2.18. The molecule has 0 amide bonds. The van der Waals surface area contributed by atoms with E-state index in [1.807, 2.05) is 36.5 Å². The van der Waals surface area contributed by atoms with Crippen molar-refractivity contribution in [2.45, 2.75) is 13.5 Å². The number of rotatable bonds is 7. The lowest BCUT2D eigenvalue weighted by Crippen LogP contribution is -2.21. The van der Waals surface area contributed by atoms with Gasteiger partial charge in [-0.05, 0) is 54.4 Å². The maximum atomic E-state index is 5.87. The van der Waals surface area contributed by atoms with Crippen LogP contribution in [0.5, 0.6) is 0 Å². The average Bonchev–Trinajstić information content (AvgIpc) is 2.69. The molecule has 3 nitrogen and oxygen atoms in total. The van der Waals surface area contributed by atoms with Crippen molar-refractivity contribution < 1.29 is 0 Å². The SMILES string of the molecule is CCN(Cc1ccccc1)c1ccc(C=NNc2ccc(Cl)cc2)cc1. The van der Waals surface area contributed by atoms with Crippen LogP contribution in [0.25, 0.3) is 0 Å². The zero-order valence-electron chi connectivity index (χ0n) is 14.8. The lowest BCUT2D eigenvalue weighted by molar-refractivity contribution is 0.832. The number of hydrogen-bond acceptors (Lipinski definition) is 3. The Labute approximate surface area is 159 Å². The summed E-state index contributed by atoms with van der Waals surface area (Å²) in [4.78, 5) is 2.35. The Kier molecular flexibility index (Phi) is 6.29. The highest BCUT2D eigenvalue weighted by atomic mass is 35.5. The van der Waals surface area contributed by atoms with Gasteiger partial charge < -0.3 is 4.90 Å². The Bertz CT molecular complexity index is 828. The largest absolute Gasteiger partial charge is 0.367 e. The summed E-state index contributed by atoms with van der Waals surface area (Å²) in [6.07, 6.45) is 1.81. The fraction of sp³-hybridized carbons (Fsp3) is 0.136. The summed E-state index contributed by atoms with van der Waals surface area (Å²) < 4.78 is 0. The zero-order chi connectivity index (χ0) is 18.2. The van der Waals surface area contributed by atoms with Gasteiger partial charge in [0.05, 0.1) is 11.9 Å². The van der Waals surface area contributed by atoms with E-state index in [2.05, 4.69) is 70.9 Å². The highest BCUT2D eigenvalue weighted by Gasteiger charge is 2.04. The molecule has 3 rings (SSSR count). The first kappa shape index (κ1) is 18.0. The molecule has 0 aliphatic heterocycles. The van der Waals surface area contributed by atoms with Gasteiger partial charge in [-0.15, -0.1) is 0 Å². The van der Waals surface area contributed by atoms with E-state index in [-0.39, 0.29) is 0 Å².